The van der Waals surface area contributed by atoms with E-state index in [4.69, 9.17) is 25.2 Å². The molecular weight excluding hydrogens is 468 g/mol. The number of rotatable bonds is 4. The summed E-state index contributed by atoms with van der Waals surface area (Å²) < 4.78 is 11.9. The number of anilines is 2. The van der Waals surface area contributed by atoms with Crippen molar-refractivity contribution in [3.8, 4) is 5.75 Å². The fraction of sp³-hybridized carbons (Fsp3) is 0.583. The molecule has 1 amide bonds. The van der Waals surface area contributed by atoms with E-state index in [1.165, 1.54) is 11.8 Å². The number of ether oxygens (including phenoxy) is 2. The van der Waals surface area contributed by atoms with Gasteiger partial charge in [-0.3, -0.25) is 9.69 Å². The molecule has 0 aliphatic carbocycles. The van der Waals surface area contributed by atoms with Crippen LogP contribution in [0.25, 0.3) is 0 Å². The van der Waals surface area contributed by atoms with Crippen LogP contribution in [0.1, 0.15) is 38.3 Å². The molecule has 3 fully saturated rings. The van der Waals surface area contributed by atoms with Crippen LogP contribution < -0.4 is 20.3 Å². The van der Waals surface area contributed by atoms with Crippen LogP contribution in [0, 0.1) is 5.41 Å². The average Bonchev–Trinajstić information content (AvgIpc) is 3.40. The van der Waals surface area contributed by atoms with Crippen LogP contribution >= 0.6 is 11.8 Å². The SMILES string of the molecule is C[C@@H]1OCC2(CCN(c3ncc(Sc4ccnc5c4OCC4CCC(=O)N54)nc3CO)CC2)[C@@H]1N. The molecule has 3 N–H and O–H groups in total. The van der Waals surface area contributed by atoms with E-state index >= 15 is 0 Å². The second kappa shape index (κ2) is 8.88. The van der Waals surface area contributed by atoms with Gasteiger partial charge < -0.3 is 25.2 Å². The minimum absolute atomic E-state index is 0.0225. The summed E-state index contributed by atoms with van der Waals surface area (Å²) in [6.07, 6.45) is 6.68. The first kappa shape index (κ1) is 23.0. The number of piperidine rings is 1. The van der Waals surface area contributed by atoms with Crippen molar-refractivity contribution in [2.24, 2.45) is 11.1 Å². The summed E-state index contributed by atoms with van der Waals surface area (Å²) in [6, 6.07) is 1.96. The molecule has 3 saturated heterocycles. The number of aliphatic hydroxyl groups excluding tert-OH is 1. The molecular formula is C24H30N6O4S. The summed E-state index contributed by atoms with van der Waals surface area (Å²) in [6.45, 7) is 4.62. The fourth-order valence-corrected chi connectivity index (χ4v) is 6.61. The normalized spacial score (nSPS) is 27.2. The standard InChI is InChI=1S/C24H30N6O4S/c1-14-21(25)24(13-34-14)5-8-29(9-6-24)22-16(11-31)28-18(10-27-22)35-17-4-7-26-23-20(17)33-12-15-2-3-19(32)30(15)23/h4,7,10,14-15,21,31H,2-3,5-6,8-9,11-13,25H2,1H3/t14-,15?,21+/m0/s1. The van der Waals surface area contributed by atoms with E-state index in [1.54, 1.807) is 17.3 Å². The topological polar surface area (TPSA) is 127 Å². The lowest BCUT2D eigenvalue weighted by molar-refractivity contribution is -0.117. The van der Waals surface area contributed by atoms with Crippen molar-refractivity contribution < 1.29 is 19.4 Å². The molecule has 1 unspecified atom stereocenters. The fourth-order valence-electron chi connectivity index (χ4n) is 5.75. The highest BCUT2D eigenvalue weighted by atomic mass is 32.2. The third kappa shape index (κ3) is 3.85. The number of amides is 1. The van der Waals surface area contributed by atoms with Gasteiger partial charge in [-0.1, -0.05) is 11.8 Å². The predicted octanol–water partition coefficient (Wildman–Crippen LogP) is 1.74. The van der Waals surface area contributed by atoms with Gasteiger partial charge in [0.1, 0.15) is 17.3 Å². The van der Waals surface area contributed by atoms with Crippen molar-refractivity contribution in [1.82, 2.24) is 15.0 Å². The molecule has 6 heterocycles. The second-order valence-corrected chi connectivity index (χ2v) is 10.9. The lowest BCUT2D eigenvalue weighted by Gasteiger charge is -2.41. The molecule has 186 valence electrons. The number of pyridine rings is 1. The van der Waals surface area contributed by atoms with Crippen molar-refractivity contribution in [3.63, 3.8) is 0 Å². The van der Waals surface area contributed by atoms with E-state index in [9.17, 15) is 9.90 Å². The lowest BCUT2D eigenvalue weighted by atomic mass is 9.73. The molecule has 1 spiro atoms. The quantitative estimate of drug-likeness (QED) is 0.643. The highest BCUT2D eigenvalue weighted by molar-refractivity contribution is 7.99. The number of aliphatic hydroxyl groups is 1. The Bertz CT molecular complexity index is 1140. The van der Waals surface area contributed by atoms with Crippen LogP contribution in [0.5, 0.6) is 5.75 Å². The van der Waals surface area contributed by atoms with Gasteiger partial charge in [0.15, 0.2) is 17.4 Å². The zero-order chi connectivity index (χ0) is 24.2. The van der Waals surface area contributed by atoms with E-state index in [1.807, 2.05) is 13.0 Å². The Morgan fingerprint density at radius 1 is 1.29 bits per heavy atom. The van der Waals surface area contributed by atoms with Gasteiger partial charge in [-0.2, -0.15) is 0 Å². The Balaban J connectivity index is 1.21. The van der Waals surface area contributed by atoms with Gasteiger partial charge in [0.2, 0.25) is 5.91 Å². The summed E-state index contributed by atoms with van der Waals surface area (Å²) in [4.78, 5) is 31.0. The number of hydrogen-bond donors (Lipinski definition) is 2. The number of carbonyl (C=O) groups is 1. The van der Waals surface area contributed by atoms with Gasteiger partial charge >= 0.3 is 0 Å². The van der Waals surface area contributed by atoms with E-state index in [2.05, 4.69) is 9.88 Å². The average molecular weight is 499 g/mol. The number of aromatic nitrogens is 3. The Labute approximate surface area is 208 Å². The van der Waals surface area contributed by atoms with Gasteiger partial charge in [0.05, 0.1) is 36.5 Å². The first-order valence-electron chi connectivity index (χ1n) is 12.2. The third-order valence-electron chi connectivity index (χ3n) is 7.89. The van der Waals surface area contributed by atoms with Crippen LogP contribution in [-0.2, 0) is 16.1 Å². The Morgan fingerprint density at radius 2 is 2.11 bits per heavy atom. The summed E-state index contributed by atoms with van der Waals surface area (Å²) in [5.41, 5.74) is 7.02. The van der Waals surface area contributed by atoms with E-state index in [-0.39, 0.29) is 36.1 Å². The maximum absolute atomic E-state index is 12.4. The Hall–Kier alpha value is -2.47. The van der Waals surface area contributed by atoms with Gasteiger partial charge in [-0.25, -0.2) is 15.0 Å². The summed E-state index contributed by atoms with van der Waals surface area (Å²) in [5.74, 6) is 1.98. The van der Waals surface area contributed by atoms with E-state index in [0.717, 1.165) is 37.2 Å². The minimum atomic E-state index is -0.201. The van der Waals surface area contributed by atoms with Crippen LogP contribution in [0.2, 0.25) is 0 Å². The highest BCUT2D eigenvalue weighted by Gasteiger charge is 2.48. The Morgan fingerprint density at radius 3 is 2.86 bits per heavy atom. The second-order valence-electron chi connectivity index (χ2n) is 9.86. The van der Waals surface area contributed by atoms with Crippen LogP contribution in [0.4, 0.5) is 11.6 Å². The number of carbonyl (C=O) groups excluding carboxylic acids is 1. The Kier molecular flexibility index (Phi) is 5.82. The molecule has 0 bridgehead atoms. The van der Waals surface area contributed by atoms with Crippen molar-refractivity contribution in [3.05, 3.63) is 24.2 Å². The number of nitrogens with two attached hydrogens (primary N) is 1. The largest absolute Gasteiger partial charge is 0.486 e. The van der Waals surface area contributed by atoms with Gasteiger partial charge in [0.25, 0.3) is 0 Å². The van der Waals surface area contributed by atoms with Gasteiger partial charge in [0, 0.05) is 37.2 Å². The molecule has 0 radical (unpaired) electrons. The van der Waals surface area contributed by atoms with Crippen molar-refractivity contribution >= 4 is 29.3 Å². The molecule has 11 heteroatoms. The van der Waals surface area contributed by atoms with Gasteiger partial charge in [-0.05, 0) is 32.3 Å². The van der Waals surface area contributed by atoms with Crippen molar-refractivity contribution in [2.75, 3.05) is 36.1 Å². The molecule has 2 aromatic rings. The smallest absolute Gasteiger partial charge is 0.228 e. The molecule has 0 saturated carbocycles. The van der Waals surface area contributed by atoms with Crippen molar-refractivity contribution in [1.29, 1.82) is 0 Å². The van der Waals surface area contributed by atoms with Crippen LogP contribution in [0.15, 0.2) is 28.4 Å². The zero-order valence-electron chi connectivity index (χ0n) is 19.7. The summed E-state index contributed by atoms with van der Waals surface area (Å²) >= 11 is 1.40. The molecule has 0 aromatic carbocycles. The molecule has 2 aromatic heterocycles. The predicted molar refractivity (Wildman–Crippen MR) is 130 cm³/mol. The maximum Gasteiger partial charge on any atom is 0.228 e. The first-order chi connectivity index (χ1) is 17.0. The molecule has 3 atom stereocenters. The maximum atomic E-state index is 12.4. The third-order valence-corrected chi connectivity index (χ3v) is 8.84. The molecule has 10 nitrogen and oxygen atoms in total. The zero-order valence-corrected chi connectivity index (χ0v) is 20.5. The monoisotopic (exact) mass is 498 g/mol. The van der Waals surface area contributed by atoms with Crippen LogP contribution in [0.3, 0.4) is 0 Å². The molecule has 4 aliphatic heterocycles. The summed E-state index contributed by atoms with van der Waals surface area (Å²) in [7, 11) is 0. The lowest BCUT2D eigenvalue weighted by Crippen LogP contribution is -2.51. The number of fused-ring (bicyclic) bond motifs is 3. The van der Waals surface area contributed by atoms with E-state index < -0.39 is 0 Å². The van der Waals surface area contributed by atoms with E-state index in [0.29, 0.717) is 47.7 Å². The summed E-state index contributed by atoms with van der Waals surface area (Å²) in [5, 5.41) is 10.7. The minimum Gasteiger partial charge on any atom is -0.486 e. The molecule has 6 rings (SSSR count). The van der Waals surface area contributed by atoms with Crippen LogP contribution in [-0.4, -0.2) is 70.5 Å². The van der Waals surface area contributed by atoms with Crippen molar-refractivity contribution in [2.45, 2.75) is 67.3 Å². The molecule has 35 heavy (non-hydrogen) atoms. The number of nitrogens with zero attached hydrogens (tertiary/aromatic N) is 5. The number of hydrogen-bond acceptors (Lipinski definition) is 10. The van der Waals surface area contributed by atoms with Gasteiger partial charge in [-0.15, -0.1) is 0 Å². The first-order valence-corrected chi connectivity index (χ1v) is 13.0. The molecule has 4 aliphatic rings. The highest BCUT2D eigenvalue weighted by Crippen LogP contribution is 2.45.